The predicted molar refractivity (Wildman–Crippen MR) is 150 cm³/mol. The fourth-order valence-electron chi connectivity index (χ4n) is 7.15. The van der Waals surface area contributed by atoms with Crippen LogP contribution >= 0.6 is 0 Å². The summed E-state index contributed by atoms with van der Waals surface area (Å²) in [4.78, 5) is 14.6. The standard InChI is InChI=1S/C31H39N5O3/c1-35-10-12-36(13-11-35)27-7-5-6-22-16-21(27)19-38-14-3-2-4-15-39-20-24-26-18-31(26,25-17-23(25)29(24)37)28-8-9-32-30(33-22)34-28/h2-3,6-9,16,23,25-26,37H,4-5,10-15,17-20H2,1H3,(H,32,33,34)/b3-2+. The number of allylic oxidation sites excluding steroid dienone is 4. The van der Waals surface area contributed by atoms with E-state index in [0.29, 0.717) is 50.0 Å². The minimum absolute atomic E-state index is 0.0145. The first-order chi connectivity index (χ1) is 19.1. The smallest absolute Gasteiger partial charge is 0.227 e. The molecular formula is C31H39N5O3. The van der Waals surface area contributed by atoms with Crippen molar-refractivity contribution in [3.05, 3.63) is 76.6 Å². The molecule has 4 aliphatic carbocycles. The molecule has 0 amide bonds. The molecule has 1 aromatic heterocycles. The van der Waals surface area contributed by atoms with Gasteiger partial charge >= 0.3 is 0 Å². The van der Waals surface area contributed by atoms with E-state index >= 15 is 0 Å². The summed E-state index contributed by atoms with van der Waals surface area (Å²) < 4.78 is 12.2. The van der Waals surface area contributed by atoms with Crippen molar-refractivity contribution >= 4 is 5.95 Å². The molecule has 4 unspecified atom stereocenters. The zero-order valence-electron chi connectivity index (χ0n) is 22.8. The summed E-state index contributed by atoms with van der Waals surface area (Å²) in [6, 6.07) is 2.08. The van der Waals surface area contributed by atoms with Gasteiger partial charge in [-0.25, -0.2) is 9.97 Å². The lowest BCUT2D eigenvalue weighted by molar-refractivity contribution is 0.149. The lowest BCUT2D eigenvalue weighted by atomic mass is 9.84. The number of nitrogens with zero attached hydrogens (tertiary/aromatic N) is 4. The first-order valence-electron chi connectivity index (χ1n) is 14.5. The van der Waals surface area contributed by atoms with Crippen LogP contribution in [0, 0.1) is 17.8 Å². The van der Waals surface area contributed by atoms with Crippen molar-refractivity contribution in [3.63, 3.8) is 0 Å². The molecular weight excluding hydrogens is 490 g/mol. The maximum Gasteiger partial charge on any atom is 0.227 e. The number of aromatic nitrogens is 2. The van der Waals surface area contributed by atoms with Crippen molar-refractivity contribution in [3.8, 4) is 0 Å². The second kappa shape index (κ2) is 10.2. The first-order valence-corrected chi connectivity index (χ1v) is 14.5. The third-order valence-corrected chi connectivity index (χ3v) is 9.42. The van der Waals surface area contributed by atoms with Crippen molar-refractivity contribution in [2.45, 2.75) is 31.1 Å². The normalized spacial score (nSPS) is 33.9. The number of anilines is 1. The molecule has 206 valence electrons. The Labute approximate surface area is 230 Å². The summed E-state index contributed by atoms with van der Waals surface area (Å²) in [5.41, 5.74) is 5.66. The van der Waals surface area contributed by atoms with Crippen molar-refractivity contribution in [1.29, 1.82) is 0 Å². The van der Waals surface area contributed by atoms with Gasteiger partial charge in [-0.05, 0) is 62.3 Å². The molecule has 8 heteroatoms. The SMILES string of the molecule is CN1CCN(C2=CCC=C3C=C2COC/C=C/CCOCC2=C(O)C4CC4C4(CC24)c2ccnc(n2)N3)CC1. The van der Waals surface area contributed by atoms with E-state index in [4.69, 9.17) is 14.5 Å². The molecule has 1 aromatic rings. The average Bonchev–Trinajstić information content (AvgIpc) is 3.84. The first kappa shape index (κ1) is 25.1. The van der Waals surface area contributed by atoms with Crippen LogP contribution in [0.5, 0.6) is 0 Å². The summed E-state index contributed by atoms with van der Waals surface area (Å²) in [7, 11) is 2.19. The van der Waals surface area contributed by atoms with Crippen LogP contribution in [0.2, 0.25) is 0 Å². The van der Waals surface area contributed by atoms with Crippen LogP contribution in [0.1, 0.15) is 31.4 Å². The molecule has 2 N–H and O–H groups in total. The summed E-state index contributed by atoms with van der Waals surface area (Å²) in [5, 5.41) is 14.5. The van der Waals surface area contributed by atoms with Gasteiger partial charge in [-0.15, -0.1) is 0 Å². The van der Waals surface area contributed by atoms with Gasteiger partial charge in [0.25, 0.3) is 0 Å². The van der Waals surface area contributed by atoms with E-state index in [-0.39, 0.29) is 11.3 Å². The van der Waals surface area contributed by atoms with Crippen LogP contribution in [0.3, 0.4) is 0 Å². The molecule has 2 aliphatic heterocycles. The van der Waals surface area contributed by atoms with Gasteiger partial charge < -0.3 is 29.7 Å². The molecule has 6 bridgehead atoms. The number of aliphatic hydroxyl groups excluding tert-OH is 1. The molecule has 2 saturated carbocycles. The summed E-state index contributed by atoms with van der Waals surface area (Å²) in [5.74, 6) is 2.27. The number of ether oxygens (including phenoxy) is 2. The Kier molecular flexibility index (Phi) is 6.57. The van der Waals surface area contributed by atoms with Gasteiger partial charge in [0.15, 0.2) is 0 Å². The topological polar surface area (TPSA) is 83.0 Å². The summed E-state index contributed by atoms with van der Waals surface area (Å²) >= 11 is 0. The average molecular weight is 530 g/mol. The molecule has 0 spiro atoms. The number of aliphatic hydroxyl groups is 1. The van der Waals surface area contributed by atoms with E-state index in [1.165, 1.54) is 11.3 Å². The highest BCUT2D eigenvalue weighted by molar-refractivity contribution is 5.50. The minimum Gasteiger partial charge on any atom is -0.512 e. The second-order valence-corrected chi connectivity index (χ2v) is 11.8. The number of fused-ring (bicyclic) bond motifs is 4. The van der Waals surface area contributed by atoms with Gasteiger partial charge in [0, 0.05) is 60.7 Å². The molecule has 3 fully saturated rings. The van der Waals surface area contributed by atoms with E-state index in [0.717, 1.165) is 68.8 Å². The fourth-order valence-corrected chi connectivity index (χ4v) is 7.15. The van der Waals surface area contributed by atoms with Crippen LogP contribution in [0.4, 0.5) is 5.95 Å². The van der Waals surface area contributed by atoms with Gasteiger partial charge in [0.05, 0.1) is 37.9 Å². The monoisotopic (exact) mass is 529 g/mol. The molecule has 7 rings (SSSR count). The Morgan fingerprint density at radius 3 is 2.90 bits per heavy atom. The van der Waals surface area contributed by atoms with Gasteiger partial charge in [-0.1, -0.05) is 24.3 Å². The lowest BCUT2D eigenvalue weighted by Crippen LogP contribution is -2.44. The molecule has 8 nitrogen and oxygen atoms in total. The molecule has 4 atom stereocenters. The van der Waals surface area contributed by atoms with E-state index < -0.39 is 0 Å². The number of hydrogen-bond acceptors (Lipinski definition) is 8. The highest BCUT2D eigenvalue weighted by Crippen LogP contribution is 2.74. The van der Waals surface area contributed by atoms with Crippen molar-refractivity contribution < 1.29 is 14.6 Å². The van der Waals surface area contributed by atoms with Gasteiger partial charge in [0.1, 0.15) is 0 Å². The Hall–Kier alpha value is -2.94. The molecule has 6 aliphatic rings. The number of rotatable bonds is 1. The zero-order chi connectivity index (χ0) is 26.4. The largest absolute Gasteiger partial charge is 0.512 e. The Bertz CT molecular complexity index is 1270. The number of piperazine rings is 1. The summed E-state index contributed by atoms with van der Waals surface area (Å²) in [6.07, 6.45) is 16.6. The number of nitrogens with one attached hydrogen (secondary N) is 1. The minimum atomic E-state index is 0.0145. The molecule has 0 radical (unpaired) electrons. The third-order valence-electron chi connectivity index (χ3n) is 9.42. The van der Waals surface area contributed by atoms with Gasteiger partial charge in [-0.3, -0.25) is 0 Å². The quantitative estimate of drug-likeness (QED) is 0.530. The van der Waals surface area contributed by atoms with Crippen LogP contribution in [-0.4, -0.2) is 84.5 Å². The predicted octanol–water partition coefficient (Wildman–Crippen LogP) is 3.95. The van der Waals surface area contributed by atoms with E-state index in [2.05, 4.69) is 63.6 Å². The van der Waals surface area contributed by atoms with Crippen LogP contribution in [-0.2, 0) is 14.9 Å². The number of likely N-dealkylation sites (N-methyl/N-ethyl adjacent to an activating group) is 1. The molecule has 39 heavy (non-hydrogen) atoms. The zero-order valence-corrected chi connectivity index (χ0v) is 22.8. The molecule has 1 saturated heterocycles. The van der Waals surface area contributed by atoms with Crippen LogP contribution < -0.4 is 5.32 Å². The van der Waals surface area contributed by atoms with Crippen molar-refractivity contribution in [2.24, 2.45) is 17.8 Å². The second-order valence-electron chi connectivity index (χ2n) is 11.8. The summed E-state index contributed by atoms with van der Waals surface area (Å²) in [6.45, 7) is 6.41. The van der Waals surface area contributed by atoms with Gasteiger partial charge in [0.2, 0.25) is 5.95 Å². The van der Waals surface area contributed by atoms with E-state index in [9.17, 15) is 5.11 Å². The molecule has 0 aromatic carbocycles. The van der Waals surface area contributed by atoms with Crippen LogP contribution in [0.25, 0.3) is 0 Å². The Balaban J connectivity index is 1.18. The van der Waals surface area contributed by atoms with E-state index in [1.54, 1.807) is 0 Å². The van der Waals surface area contributed by atoms with Gasteiger partial charge in [-0.2, -0.15) is 0 Å². The maximum absolute atomic E-state index is 10.9. The van der Waals surface area contributed by atoms with E-state index in [1.807, 2.05) is 6.20 Å². The number of hydrogen-bond donors (Lipinski definition) is 2. The third kappa shape index (κ3) is 4.72. The molecule has 3 heterocycles. The Morgan fingerprint density at radius 1 is 1.10 bits per heavy atom. The van der Waals surface area contributed by atoms with Crippen molar-refractivity contribution in [2.75, 3.05) is 65.0 Å². The highest BCUT2D eigenvalue weighted by atomic mass is 16.5. The van der Waals surface area contributed by atoms with Crippen molar-refractivity contribution in [1.82, 2.24) is 19.8 Å². The highest BCUT2D eigenvalue weighted by Gasteiger charge is 2.72. The fraction of sp³-hybridized carbons (Fsp3) is 0.548. The maximum atomic E-state index is 10.9. The Morgan fingerprint density at radius 2 is 2.00 bits per heavy atom. The van der Waals surface area contributed by atoms with Crippen LogP contribution in [0.15, 0.2) is 70.9 Å². The lowest BCUT2D eigenvalue weighted by Gasteiger charge is -2.36.